The zero-order chi connectivity index (χ0) is 15.2. The predicted molar refractivity (Wildman–Crippen MR) is 79.6 cm³/mol. The highest BCUT2D eigenvalue weighted by Crippen LogP contribution is 2.27. The Bertz CT molecular complexity index is 447. The molecular weight excluding hydrogens is 254 g/mol. The van der Waals surface area contributed by atoms with Gasteiger partial charge in [-0.05, 0) is 31.9 Å². The van der Waals surface area contributed by atoms with E-state index in [0.29, 0.717) is 13.2 Å². The SMILES string of the molecule is COC(=O)C(C)(COCC(C)CN)c1cccc(C)c1. The molecule has 2 atom stereocenters. The zero-order valence-corrected chi connectivity index (χ0v) is 12.8. The van der Waals surface area contributed by atoms with E-state index in [0.717, 1.165) is 11.1 Å². The minimum Gasteiger partial charge on any atom is -0.468 e. The third-order valence-electron chi connectivity index (χ3n) is 3.49. The van der Waals surface area contributed by atoms with E-state index in [9.17, 15) is 4.79 Å². The highest BCUT2D eigenvalue weighted by molar-refractivity contribution is 5.82. The summed E-state index contributed by atoms with van der Waals surface area (Å²) in [6.45, 7) is 7.25. The van der Waals surface area contributed by atoms with Crippen molar-refractivity contribution in [1.29, 1.82) is 0 Å². The van der Waals surface area contributed by atoms with E-state index >= 15 is 0 Å². The van der Waals surface area contributed by atoms with Gasteiger partial charge >= 0.3 is 5.97 Å². The Kier molecular flexibility index (Phi) is 6.17. The molecule has 20 heavy (non-hydrogen) atoms. The first kappa shape index (κ1) is 16.7. The fraction of sp³-hybridized carbons (Fsp3) is 0.562. The molecule has 2 unspecified atom stereocenters. The Balaban J connectivity index is 2.90. The Morgan fingerprint density at radius 1 is 1.45 bits per heavy atom. The number of hydrogen-bond donors (Lipinski definition) is 1. The number of benzene rings is 1. The van der Waals surface area contributed by atoms with Crippen LogP contribution in [-0.4, -0.2) is 32.8 Å². The topological polar surface area (TPSA) is 61.5 Å². The summed E-state index contributed by atoms with van der Waals surface area (Å²) in [5, 5.41) is 0. The summed E-state index contributed by atoms with van der Waals surface area (Å²) < 4.78 is 10.6. The van der Waals surface area contributed by atoms with Crippen LogP contribution in [0.2, 0.25) is 0 Å². The molecule has 0 fully saturated rings. The fourth-order valence-electron chi connectivity index (χ4n) is 2.01. The quantitative estimate of drug-likeness (QED) is 0.776. The van der Waals surface area contributed by atoms with Crippen LogP contribution in [0.5, 0.6) is 0 Å². The number of nitrogens with two attached hydrogens (primary N) is 1. The number of carbonyl (C=O) groups is 1. The largest absolute Gasteiger partial charge is 0.468 e. The molecule has 4 heteroatoms. The van der Waals surface area contributed by atoms with E-state index in [-0.39, 0.29) is 18.5 Å². The van der Waals surface area contributed by atoms with E-state index in [2.05, 4.69) is 0 Å². The summed E-state index contributed by atoms with van der Waals surface area (Å²) >= 11 is 0. The Morgan fingerprint density at radius 3 is 2.70 bits per heavy atom. The van der Waals surface area contributed by atoms with Gasteiger partial charge in [0.1, 0.15) is 5.41 Å². The van der Waals surface area contributed by atoms with E-state index in [1.807, 2.05) is 45.0 Å². The van der Waals surface area contributed by atoms with Gasteiger partial charge in [0, 0.05) is 0 Å². The zero-order valence-electron chi connectivity index (χ0n) is 12.8. The molecule has 0 bridgehead atoms. The van der Waals surface area contributed by atoms with Gasteiger partial charge in [-0.1, -0.05) is 36.8 Å². The number of rotatable bonds is 7. The summed E-state index contributed by atoms with van der Waals surface area (Å²) in [5.74, 6) is -0.0158. The van der Waals surface area contributed by atoms with Crippen molar-refractivity contribution in [1.82, 2.24) is 0 Å². The van der Waals surface area contributed by atoms with Crippen LogP contribution < -0.4 is 5.73 Å². The molecule has 0 saturated carbocycles. The molecule has 1 aromatic carbocycles. The van der Waals surface area contributed by atoms with Gasteiger partial charge in [0.2, 0.25) is 0 Å². The molecule has 2 N–H and O–H groups in total. The second kappa shape index (κ2) is 7.41. The molecular formula is C16H25NO3. The van der Waals surface area contributed by atoms with Crippen LogP contribution in [-0.2, 0) is 19.7 Å². The number of carbonyl (C=O) groups excluding carboxylic acids is 1. The molecule has 0 aliphatic carbocycles. The Morgan fingerprint density at radius 2 is 2.15 bits per heavy atom. The van der Waals surface area contributed by atoms with Gasteiger partial charge in [-0.25, -0.2) is 0 Å². The number of aryl methyl sites for hydroxylation is 1. The van der Waals surface area contributed by atoms with E-state index in [1.54, 1.807) is 0 Å². The summed E-state index contributed by atoms with van der Waals surface area (Å²) in [4.78, 5) is 12.2. The first-order valence-electron chi connectivity index (χ1n) is 6.87. The van der Waals surface area contributed by atoms with E-state index < -0.39 is 5.41 Å². The van der Waals surface area contributed by atoms with Crippen molar-refractivity contribution >= 4 is 5.97 Å². The maximum absolute atomic E-state index is 12.2. The van der Waals surface area contributed by atoms with Crippen LogP contribution in [0.4, 0.5) is 0 Å². The van der Waals surface area contributed by atoms with Crippen LogP contribution in [0.15, 0.2) is 24.3 Å². The van der Waals surface area contributed by atoms with Gasteiger partial charge in [0.25, 0.3) is 0 Å². The second-order valence-electron chi connectivity index (χ2n) is 5.55. The van der Waals surface area contributed by atoms with Gasteiger partial charge in [0.15, 0.2) is 0 Å². The van der Waals surface area contributed by atoms with Gasteiger partial charge in [-0.3, -0.25) is 4.79 Å². The monoisotopic (exact) mass is 279 g/mol. The maximum Gasteiger partial charge on any atom is 0.318 e. The molecule has 4 nitrogen and oxygen atoms in total. The molecule has 1 rings (SSSR count). The standard InChI is InChI=1S/C16H25NO3/c1-12-6-5-7-14(8-12)16(3,15(18)19-4)11-20-10-13(2)9-17/h5-8,13H,9-11,17H2,1-4H3. The van der Waals surface area contributed by atoms with Crippen molar-refractivity contribution in [3.05, 3.63) is 35.4 Å². The summed E-state index contributed by atoms with van der Waals surface area (Å²) in [7, 11) is 1.40. The van der Waals surface area contributed by atoms with Gasteiger partial charge in [-0.2, -0.15) is 0 Å². The van der Waals surface area contributed by atoms with E-state index in [4.69, 9.17) is 15.2 Å². The van der Waals surface area contributed by atoms with Crippen LogP contribution in [0.1, 0.15) is 25.0 Å². The van der Waals surface area contributed by atoms with Crippen molar-refractivity contribution < 1.29 is 14.3 Å². The lowest BCUT2D eigenvalue weighted by Crippen LogP contribution is -2.39. The molecule has 0 saturated heterocycles. The van der Waals surface area contributed by atoms with E-state index in [1.165, 1.54) is 7.11 Å². The first-order valence-corrected chi connectivity index (χ1v) is 6.87. The van der Waals surface area contributed by atoms with Crippen molar-refractivity contribution in [2.45, 2.75) is 26.2 Å². The van der Waals surface area contributed by atoms with Gasteiger partial charge in [0.05, 0.1) is 20.3 Å². The molecule has 0 aromatic heterocycles. The number of hydrogen-bond acceptors (Lipinski definition) is 4. The van der Waals surface area contributed by atoms with Crippen molar-refractivity contribution in [2.24, 2.45) is 11.7 Å². The van der Waals surface area contributed by atoms with Crippen molar-refractivity contribution in [3.8, 4) is 0 Å². The smallest absolute Gasteiger partial charge is 0.318 e. The highest BCUT2D eigenvalue weighted by atomic mass is 16.5. The lowest BCUT2D eigenvalue weighted by Gasteiger charge is -2.28. The molecule has 0 spiro atoms. The minimum absolute atomic E-state index is 0.273. The maximum atomic E-state index is 12.2. The fourth-order valence-corrected chi connectivity index (χ4v) is 2.01. The minimum atomic E-state index is -0.797. The summed E-state index contributed by atoms with van der Waals surface area (Å²) in [6, 6.07) is 7.86. The summed E-state index contributed by atoms with van der Waals surface area (Å²) in [5.41, 5.74) is 6.78. The average Bonchev–Trinajstić information content (AvgIpc) is 2.45. The van der Waals surface area contributed by atoms with Crippen LogP contribution in [0, 0.1) is 12.8 Å². The van der Waals surface area contributed by atoms with Crippen LogP contribution in [0.3, 0.4) is 0 Å². The highest BCUT2D eigenvalue weighted by Gasteiger charge is 2.37. The molecule has 0 aliphatic heterocycles. The summed E-state index contributed by atoms with van der Waals surface area (Å²) in [6.07, 6.45) is 0. The van der Waals surface area contributed by atoms with Gasteiger partial charge < -0.3 is 15.2 Å². The van der Waals surface area contributed by atoms with Crippen molar-refractivity contribution in [3.63, 3.8) is 0 Å². The number of esters is 1. The Hall–Kier alpha value is -1.39. The first-order chi connectivity index (χ1) is 9.43. The number of ether oxygens (including phenoxy) is 2. The molecule has 0 radical (unpaired) electrons. The van der Waals surface area contributed by atoms with Crippen LogP contribution >= 0.6 is 0 Å². The van der Waals surface area contributed by atoms with Crippen molar-refractivity contribution in [2.75, 3.05) is 26.9 Å². The molecule has 1 aromatic rings. The molecule has 0 heterocycles. The lowest BCUT2D eigenvalue weighted by atomic mass is 9.82. The molecule has 112 valence electrons. The molecule has 0 aliphatic rings. The van der Waals surface area contributed by atoms with Crippen LogP contribution in [0.25, 0.3) is 0 Å². The molecule has 0 amide bonds. The second-order valence-corrected chi connectivity index (χ2v) is 5.55. The third-order valence-corrected chi connectivity index (χ3v) is 3.49. The normalized spacial score (nSPS) is 15.4. The average molecular weight is 279 g/mol. The number of methoxy groups -OCH3 is 1. The van der Waals surface area contributed by atoms with Gasteiger partial charge in [-0.15, -0.1) is 0 Å². The lowest BCUT2D eigenvalue weighted by molar-refractivity contribution is -0.149. The third kappa shape index (κ3) is 4.05. The predicted octanol–water partition coefficient (Wildman–Crippen LogP) is 2.04. The Labute approximate surface area is 121 Å².